The first-order valence-electron chi connectivity index (χ1n) is 8.98. The number of hydrogen-bond acceptors (Lipinski definition) is 6. The standard InChI is InChI=1S/C18H25N3O5/c1-25-16-9-14(5-6-15(16)21(23)24)26-10-17(22)20-18-11-3-2-4-12(18)8-13(19)7-11/h5-6,9,11-13,18H,2-4,7-8,10,19H2,1H3,(H,20,22). The normalized spacial score (nSPS) is 27.5. The molecule has 8 nitrogen and oxygen atoms in total. The molecule has 2 bridgehead atoms. The quantitative estimate of drug-likeness (QED) is 0.590. The van der Waals surface area contributed by atoms with E-state index < -0.39 is 4.92 Å². The van der Waals surface area contributed by atoms with Gasteiger partial charge in [-0.3, -0.25) is 14.9 Å². The number of rotatable bonds is 6. The SMILES string of the molecule is COc1cc(OCC(=O)NC2C3CCCC2CC(N)C3)ccc1[N+](=O)[O-]. The molecule has 0 radical (unpaired) electrons. The molecule has 0 heterocycles. The van der Waals surface area contributed by atoms with E-state index in [-0.39, 0.29) is 36.0 Å². The number of ether oxygens (including phenoxy) is 2. The monoisotopic (exact) mass is 363 g/mol. The van der Waals surface area contributed by atoms with Crippen LogP contribution in [0.15, 0.2) is 18.2 Å². The first kappa shape index (κ1) is 18.4. The number of carbonyl (C=O) groups is 1. The molecule has 26 heavy (non-hydrogen) atoms. The number of hydrogen-bond donors (Lipinski definition) is 2. The lowest BCUT2D eigenvalue weighted by atomic mass is 9.67. The molecule has 1 aromatic carbocycles. The average molecular weight is 363 g/mol. The molecule has 1 amide bonds. The van der Waals surface area contributed by atoms with Crippen LogP contribution in [-0.2, 0) is 4.79 Å². The van der Waals surface area contributed by atoms with E-state index in [2.05, 4.69) is 5.32 Å². The maximum atomic E-state index is 12.3. The van der Waals surface area contributed by atoms with E-state index in [9.17, 15) is 14.9 Å². The summed E-state index contributed by atoms with van der Waals surface area (Å²) in [7, 11) is 1.35. The maximum Gasteiger partial charge on any atom is 0.311 e. The van der Waals surface area contributed by atoms with Crippen LogP contribution < -0.4 is 20.5 Å². The third-order valence-electron chi connectivity index (χ3n) is 5.42. The Labute approximate surface area is 152 Å². The number of nitro groups is 1. The molecule has 1 aromatic rings. The first-order valence-corrected chi connectivity index (χ1v) is 8.98. The largest absolute Gasteiger partial charge is 0.490 e. The minimum Gasteiger partial charge on any atom is -0.490 e. The molecule has 2 aliphatic rings. The predicted octanol–water partition coefficient (Wildman–Crippen LogP) is 2.00. The van der Waals surface area contributed by atoms with Gasteiger partial charge in [0.25, 0.3) is 5.91 Å². The van der Waals surface area contributed by atoms with Crippen molar-refractivity contribution in [1.82, 2.24) is 5.32 Å². The van der Waals surface area contributed by atoms with E-state index in [1.165, 1.54) is 31.7 Å². The molecule has 0 saturated heterocycles. The predicted molar refractivity (Wildman–Crippen MR) is 95.1 cm³/mol. The highest BCUT2D eigenvalue weighted by molar-refractivity contribution is 5.78. The molecule has 2 atom stereocenters. The Kier molecular flexibility index (Phi) is 5.61. The van der Waals surface area contributed by atoms with Crippen molar-refractivity contribution in [3.8, 4) is 11.5 Å². The summed E-state index contributed by atoms with van der Waals surface area (Å²) in [5.41, 5.74) is 5.97. The highest BCUT2D eigenvalue weighted by Crippen LogP contribution is 2.39. The maximum absolute atomic E-state index is 12.3. The van der Waals surface area contributed by atoms with Gasteiger partial charge in [-0.1, -0.05) is 6.42 Å². The summed E-state index contributed by atoms with van der Waals surface area (Å²) in [6.07, 6.45) is 5.34. The topological polar surface area (TPSA) is 117 Å². The minimum atomic E-state index is -0.526. The van der Waals surface area contributed by atoms with Crippen molar-refractivity contribution in [2.45, 2.75) is 44.2 Å². The summed E-state index contributed by atoms with van der Waals surface area (Å²) in [5.74, 6) is 1.17. The van der Waals surface area contributed by atoms with Crippen LogP contribution in [0, 0.1) is 22.0 Å². The number of carbonyl (C=O) groups excluding carboxylic acids is 1. The van der Waals surface area contributed by atoms with Gasteiger partial charge in [0.1, 0.15) is 5.75 Å². The second-order valence-corrected chi connectivity index (χ2v) is 7.16. The highest BCUT2D eigenvalue weighted by atomic mass is 16.6. The lowest BCUT2D eigenvalue weighted by Crippen LogP contribution is -2.54. The minimum absolute atomic E-state index is 0.101. The lowest BCUT2D eigenvalue weighted by Gasteiger charge is -2.45. The van der Waals surface area contributed by atoms with Gasteiger partial charge in [-0.2, -0.15) is 0 Å². The summed E-state index contributed by atoms with van der Waals surface area (Å²) in [6.45, 7) is -0.136. The van der Waals surface area contributed by atoms with Crippen molar-refractivity contribution in [2.24, 2.45) is 17.6 Å². The van der Waals surface area contributed by atoms with E-state index in [1.54, 1.807) is 0 Å². The van der Waals surface area contributed by atoms with Crippen LogP contribution in [0.4, 0.5) is 5.69 Å². The van der Waals surface area contributed by atoms with Gasteiger partial charge in [0.05, 0.1) is 12.0 Å². The first-order chi connectivity index (χ1) is 12.5. The van der Waals surface area contributed by atoms with Crippen molar-refractivity contribution in [3.63, 3.8) is 0 Å². The molecule has 2 unspecified atom stereocenters. The van der Waals surface area contributed by atoms with Crippen LogP contribution in [-0.4, -0.2) is 36.6 Å². The third-order valence-corrected chi connectivity index (χ3v) is 5.42. The number of fused-ring (bicyclic) bond motifs is 2. The van der Waals surface area contributed by atoms with E-state index in [4.69, 9.17) is 15.2 Å². The van der Waals surface area contributed by atoms with Crippen molar-refractivity contribution in [1.29, 1.82) is 0 Å². The Morgan fingerprint density at radius 1 is 1.35 bits per heavy atom. The summed E-state index contributed by atoms with van der Waals surface area (Å²) < 4.78 is 10.5. The Hall–Kier alpha value is -2.35. The van der Waals surface area contributed by atoms with Gasteiger partial charge in [-0.05, 0) is 43.6 Å². The molecule has 8 heteroatoms. The second-order valence-electron chi connectivity index (χ2n) is 7.16. The van der Waals surface area contributed by atoms with Gasteiger partial charge in [0.2, 0.25) is 5.75 Å². The zero-order chi connectivity index (χ0) is 18.7. The van der Waals surface area contributed by atoms with Gasteiger partial charge in [-0.25, -0.2) is 0 Å². The molecular formula is C18H25N3O5. The number of amides is 1. The fraction of sp³-hybridized carbons (Fsp3) is 0.611. The summed E-state index contributed by atoms with van der Waals surface area (Å²) >= 11 is 0. The average Bonchev–Trinajstić information content (AvgIpc) is 2.60. The number of nitro benzene ring substituents is 1. The van der Waals surface area contributed by atoms with Crippen molar-refractivity contribution in [3.05, 3.63) is 28.3 Å². The van der Waals surface area contributed by atoms with Crippen LogP contribution in [0.3, 0.4) is 0 Å². The van der Waals surface area contributed by atoms with Gasteiger partial charge < -0.3 is 20.5 Å². The van der Waals surface area contributed by atoms with Crippen molar-refractivity contribution >= 4 is 11.6 Å². The number of nitrogens with two attached hydrogens (primary N) is 1. The van der Waals surface area contributed by atoms with E-state index in [1.807, 2.05) is 0 Å². The van der Waals surface area contributed by atoms with Crippen LogP contribution >= 0.6 is 0 Å². The van der Waals surface area contributed by atoms with Crippen molar-refractivity contribution in [2.75, 3.05) is 13.7 Å². The molecule has 0 aromatic heterocycles. The molecule has 2 saturated carbocycles. The molecular weight excluding hydrogens is 338 g/mol. The van der Waals surface area contributed by atoms with Crippen LogP contribution in [0.2, 0.25) is 0 Å². The number of benzene rings is 1. The molecule has 142 valence electrons. The van der Waals surface area contributed by atoms with Gasteiger partial charge in [0.15, 0.2) is 6.61 Å². The zero-order valence-corrected chi connectivity index (χ0v) is 14.8. The molecule has 2 aliphatic carbocycles. The summed E-state index contributed by atoms with van der Waals surface area (Å²) in [6, 6.07) is 4.59. The fourth-order valence-electron chi connectivity index (χ4n) is 4.30. The molecule has 0 aliphatic heterocycles. The molecule has 3 rings (SSSR count). The van der Waals surface area contributed by atoms with E-state index in [0.717, 1.165) is 25.7 Å². The Balaban J connectivity index is 1.57. The molecule has 3 N–H and O–H groups in total. The highest BCUT2D eigenvalue weighted by Gasteiger charge is 2.39. The second kappa shape index (κ2) is 7.90. The zero-order valence-electron chi connectivity index (χ0n) is 14.8. The van der Waals surface area contributed by atoms with E-state index >= 15 is 0 Å². The van der Waals surface area contributed by atoms with Crippen molar-refractivity contribution < 1.29 is 19.2 Å². The third kappa shape index (κ3) is 4.07. The van der Waals surface area contributed by atoms with Crippen LogP contribution in [0.1, 0.15) is 32.1 Å². The lowest BCUT2D eigenvalue weighted by molar-refractivity contribution is -0.385. The van der Waals surface area contributed by atoms with Gasteiger partial charge >= 0.3 is 5.69 Å². The summed E-state index contributed by atoms with van der Waals surface area (Å²) in [5, 5.41) is 14.0. The van der Waals surface area contributed by atoms with Gasteiger partial charge in [0, 0.05) is 24.2 Å². The Morgan fingerprint density at radius 2 is 2.04 bits per heavy atom. The number of nitrogens with zero attached hydrogens (tertiary/aromatic N) is 1. The summed E-state index contributed by atoms with van der Waals surface area (Å²) in [4.78, 5) is 22.7. The Morgan fingerprint density at radius 3 is 2.65 bits per heavy atom. The van der Waals surface area contributed by atoms with Crippen LogP contribution in [0.5, 0.6) is 11.5 Å². The Bertz CT molecular complexity index is 667. The van der Waals surface area contributed by atoms with Crippen LogP contribution in [0.25, 0.3) is 0 Å². The number of methoxy groups -OCH3 is 1. The smallest absolute Gasteiger partial charge is 0.311 e. The molecule has 2 fully saturated rings. The van der Waals surface area contributed by atoms with E-state index in [0.29, 0.717) is 17.6 Å². The number of nitrogens with one attached hydrogen (secondary N) is 1. The molecule has 0 spiro atoms. The fourth-order valence-corrected chi connectivity index (χ4v) is 4.30. The van der Waals surface area contributed by atoms with Gasteiger partial charge in [-0.15, -0.1) is 0 Å².